The Labute approximate surface area is 170 Å². The molecule has 6 nitrogen and oxygen atoms in total. The highest BCUT2D eigenvalue weighted by molar-refractivity contribution is 5.67. The lowest BCUT2D eigenvalue weighted by Gasteiger charge is -2.16. The van der Waals surface area contributed by atoms with E-state index in [9.17, 15) is 14.4 Å². The molecular weight excluding hydrogens is 360 g/mol. The van der Waals surface area contributed by atoms with E-state index in [1.165, 1.54) is 72.1 Å². The summed E-state index contributed by atoms with van der Waals surface area (Å²) in [6, 6.07) is 0. The molecule has 0 aromatic carbocycles. The Morgan fingerprint density at radius 2 is 1.00 bits per heavy atom. The molecule has 0 aromatic heterocycles. The Morgan fingerprint density at radius 3 is 1.43 bits per heavy atom. The fourth-order valence-corrected chi connectivity index (χ4v) is 3.08. The molecule has 0 aliphatic carbocycles. The Bertz CT molecular complexity index is 421. The fourth-order valence-electron chi connectivity index (χ4n) is 3.08. The summed E-state index contributed by atoms with van der Waals surface area (Å²) >= 11 is 0. The van der Waals surface area contributed by atoms with E-state index in [4.69, 9.17) is 14.2 Å². The number of esters is 3. The van der Waals surface area contributed by atoms with Gasteiger partial charge in [-0.05, 0) is 19.3 Å². The SMILES string of the molecule is CC(=O)OCCCCCCCCCCCCCC[C@@H](COC(C)=O)OC(C)=O. The molecule has 0 fully saturated rings. The number of ether oxygens (including phenoxy) is 3. The number of rotatable bonds is 18. The molecule has 0 heterocycles. The van der Waals surface area contributed by atoms with Crippen LogP contribution in [0, 0.1) is 0 Å². The molecule has 0 radical (unpaired) electrons. The first-order chi connectivity index (χ1) is 13.4. The van der Waals surface area contributed by atoms with E-state index >= 15 is 0 Å². The van der Waals surface area contributed by atoms with Crippen molar-refractivity contribution in [2.75, 3.05) is 13.2 Å². The van der Waals surface area contributed by atoms with Gasteiger partial charge < -0.3 is 14.2 Å². The van der Waals surface area contributed by atoms with Gasteiger partial charge in [-0.2, -0.15) is 0 Å². The molecule has 0 saturated heterocycles. The van der Waals surface area contributed by atoms with Crippen molar-refractivity contribution in [3.63, 3.8) is 0 Å². The largest absolute Gasteiger partial charge is 0.466 e. The third-order valence-corrected chi connectivity index (χ3v) is 4.53. The van der Waals surface area contributed by atoms with Crippen molar-refractivity contribution in [1.29, 1.82) is 0 Å². The molecule has 0 unspecified atom stereocenters. The van der Waals surface area contributed by atoms with Crippen LogP contribution in [0.1, 0.15) is 104 Å². The highest BCUT2D eigenvalue weighted by Gasteiger charge is 2.13. The average Bonchev–Trinajstić information content (AvgIpc) is 2.61. The summed E-state index contributed by atoms with van der Waals surface area (Å²) in [4.78, 5) is 32.6. The van der Waals surface area contributed by atoms with Crippen molar-refractivity contribution in [3.05, 3.63) is 0 Å². The zero-order chi connectivity index (χ0) is 21.0. The Kier molecular flexibility index (Phi) is 17.7. The van der Waals surface area contributed by atoms with Crippen LogP contribution < -0.4 is 0 Å². The second-order valence-corrected chi connectivity index (χ2v) is 7.41. The van der Waals surface area contributed by atoms with Gasteiger partial charge in [0.1, 0.15) is 12.7 Å². The Hall–Kier alpha value is -1.59. The monoisotopic (exact) mass is 400 g/mol. The van der Waals surface area contributed by atoms with Gasteiger partial charge in [0.25, 0.3) is 0 Å². The van der Waals surface area contributed by atoms with Crippen molar-refractivity contribution in [3.8, 4) is 0 Å². The molecule has 0 saturated carbocycles. The van der Waals surface area contributed by atoms with Crippen LogP contribution >= 0.6 is 0 Å². The maximum Gasteiger partial charge on any atom is 0.303 e. The average molecular weight is 401 g/mol. The summed E-state index contributed by atoms with van der Waals surface area (Å²) < 4.78 is 15.0. The zero-order valence-corrected chi connectivity index (χ0v) is 18.1. The summed E-state index contributed by atoms with van der Waals surface area (Å²) in [6.07, 6.45) is 14.7. The highest BCUT2D eigenvalue weighted by Crippen LogP contribution is 2.14. The molecule has 6 heteroatoms. The van der Waals surface area contributed by atoms with E-state index in [1.807, 2.05) is 0 Å². The Balaban J connectivity index is 3.40. The lowest BCUT2D eigenvalue weighted by atomic mass is 10.0. The fraction of sp³-hybridized carbons (Fsp3) is 0.864. The van der Waals surface area contributed by atoms with Crippen LogP contribution in [-0.2, 0) is 28.6 Å². The number of hydrogen-bond acceptors (Lipinski definition) is 6. The van der Waals surface area contributed by atoms with E-state index in [1.54, 1.807) is 0 Å². The van der Waals surface area contributed by atoms with E-state index in [-0.39, 0.29) is 30.6 Å². The van der Waals surface area contributed by atoms with Crippen molar-refractivity contribution in [2.24, 2.45) is 0 Å². The van der Waals surface area contributed by atoms with Crippen molar-refractivity contribution in [2.45, 2.75) is 110 Å². The predicted octanol–water partition coefficient (Wildman–Crippen LogP) is 5.12. The molecule has 0 amide bonds. The smallest absolute Gasteiger partial charge is 0.303 e. The zero-order valence-electron chi connectivity index (χ0n) is 18.1. The minimum absolute atomic E-state index is 0.151. The van der Waals surface area contributed by atoms with Gasteiger partial charge in [0, 0.05) is 20.8 Å². The number of carbonyl (C=O) groups excluding carboxylic acids is 3. The van der Waals surface area contributed by atoms with Gasteiger partial charge in [0.05, 0.1) is 6.61 Å². The normalized spacial score (nSPS) is 11.7. The first-order valence-corrected chi connectivity index (χ1v) is 10.9. The van der Waals surface area contributed by atoms with Crippen LogP contribution in [0.5, 0.6) is 0 Å². The molecule has 0 aromatic rings. The lowest BCUT2D eigenvalue weighted by Crippen LogP contribution is -2.23. The summed E-state index contributed by atoms with van der Waals surface area (Å²) in [7, 11) is 0. The molecule has 0 aliphatic heterocycles. The lowest BCUT2D eigenvalue weighted by molar-refractivity contribution is -0.156. The Morgan fingerprint density at radius 1 is 0.571 bits per heavy atom. The molecule has 0 N–H and O–H groups in total. The number of unbranched alkanes of at least 4 members (excludes halogenated alkanes) is 11. The molecule has 0 bridgehead atoms. The molecular formula is C22H40O6. The quantitative estimate of drug-likeness (QED) is 0.181. The van der Waals surface area contributed by atoms with Crippen LogP contribution in [0.4, 0.5) is 0 Å². The van der Waals surface area contributed by atoms with E-state index < -0.39 is 0 Å². The first kappa shape index (κ1) is 26.4. The van der Waals surface area contributed by atoms with Gasteiger partial charge in [-0.1, -0.05) is 64.2 Å². The van der Waals surface area contributed by atoms with Gasteiger partial charge in [0.15, 0.2) is 0 Å². The molecule has 1 atom stereocenters. The van der Waals surface area contributed by atoms with Gasteiger partial charge >= 0.3 is 17.9 Å². The highest BCUT2D eigenvalue weighted by atomic mass is 16.6. The first-order valence-electron chi connectivity index (χ1n) is 10.9. The van der Waals surface area contributed by atoms with Gasteiger partial charge in [0.2, 0.25) is 0 Å². The minimum atomic E-state index is -0.348. The second-order valence-electron chi connectivity index (χ2n) is 7.41. The van der Waals surface area contributed by atoms with E-state index in [2.05, 4.69) is 0 Å². The van der Waals surface area contributed by atoms with Crippen molar-refractivity contribution < 1.29 is 28.6 Å². The van der Waals surface area contributed by atoms with E-state index in [0.717, 1.165) is 32.1 Å². The molecule has 0 spiro atoms. The maximum atomic E-state index is 11.1. The third-order valence-electron chi connectivity index (χ3n) is 4.53. The molecule has 28 heavy (non-hydrogen) atoms. The number of carbonyl (C=O) groups is 3. The van der Waals surface area contributed by atoms with Crippen molar-refractivity contribution in [1.82, 2.24) is 0 Å². The van der Waals surface area contributed by atoms with Gasteiger partial charge in [-0.25, -0.2) is 0 Å². The molecule has 0 aliphatic rings. The number of hydrogen-bond donors (Lipinski definition) is 0. The standard InChI is InChI=1S/C22H40O6/c1-19(23)26-17-15-13-11-9-7-5-4-6-8-10-12-14-16-22(28-21(3)25)18-27-20(2)24/h22H,4-18H2,1-3H3/t22-/m0/s1. The van der Waals surface area contributed by atoms with Crippen molar-refractivity contribution >= 4 is 17.9 Å². The summed E-state index contributed by atoms with van der Waals surface area (Å²) in [6.45, 7) is 4.89. The van der Waals surface area contributed by atoms with Gasteiger partial charge in [-0.3, -0.25) is 14.4 Å². The van der Waals surface area contributed by atoms with E-state index in [0.29, 0.717) is 6.61 Å². The van der Waals surface area contributed by atoms with Crippen LogP contribution in [0.2, 0.25) is 0 Å². The summed E-state index contributed by atoms with van der Waals surface area (Å²) in [5, 5.41) is 0. The summed E-state index contributed by atoms with van der Waals surface area (Å²) in [5.74, 6) is -0.869. The van der Waals surface area contributed by atoms with Gasteiger partial charge in [-0.15, -0.1) is 0 Å². The van der Waals surface area contributed by atoms with Crippen LogP contribution in [0.25, 0.3) is 0 Å². The minimum Gasteiger partial charge on any atom is -0.466 e. The van der Waals surface area contributed by atoms with Crippen LogP contribution in [-0.4, -0.2) is 37.2 Å². The maximum absolute atomic E-state index is 11.1. The predicted molar refractivity (Wildman–Crippen MR) is 109 cm³/mol. The molecule has 164 valence electrons. The third kappa shape index (κ3) is 20.7. The second kappa shape index (κ2) is 18.8. The van der Waals surface area contributed by atoms with Crippen LogP contribution in [0.15, 0.2) is 0 Å². The van der Waals surface area contributed by atoms with Crippen LogP contribution in [0.3, 0.4) is 0 Å². The topological polar surface area (TPSA) is 78.9 Å². The summed E-state index contributed by atoms with van der Waals surface area (Å²) in [5.41, 5.74) is 0. The molecule has 0 rings (SSSR count).